The summed E-state index contributed by atoms with van der Waals surface area (Å²) in [6.45, 7) is 15.6. The van der Waals surface area contributed by atoms with Gasteiger partial charge >= 0.3 is 245 Å². The molecular weight excluding hydrogens is 641 g/mol. The van der Waals surface area contributed by atoms with Crippen molar-refractivity contribution in [1.82, 2.24) is 0 Å². The Kier molecular flexibility index (Phi) is 10.4. The molecule has 0 fully saturated rings. The minimum absolute atomic E-state index is 0.465. The Bertz CT molecular complexity index is 1090. The fourth-order valence-electron chi connectivity index (χ4n) is 4.95. The summed E-state index contributed by atoms with van der Waals surface area (Å²) in [5.41, 5.74) is 0. The Morgan fingerprint density at radius 3 is 0.895 bits per heavy atom. The van der Waals surface area contributed by atoms with E-state index in [1.165, 1.54) is 21.2 Å². The van der Waals surface area contributed by atoms with Gasteiger partial charge in [0.15, 0.2) is 0 Å². The number of halogens is 1. The van der Waals surface area contributed by atoms with Gasteiger partial charge in [0.05, 0.1) is 0 Å². The van der Waals surface area contributed by atoms with Gasteiger partial charge in [-0.15, -0.1) is 0 Å². The zero-order valence-electron chi connectivity index (χ0n) is 23.3. The van der Waals surface area contributed by atoms with Gasteiger partial charge in [-0.05, 0) is 0 Å². The summed E-state index contributed by atoms with van der Waals surface area (Å²) >= 11 is -1.44. The molecule has 2 atom stereocenters. The van der Waals surface area contributed by atoms with Gasteiger partial charge in [0, 0.05) is 0 Å². The second kappa shape index (κ2) is 13.2. The average Bonchev–Trinajstić information content (AvgIpc) is 2.95. The maximum atomic E-state index is 7.97. The maximum absolute atomic E-state index is 7.97. The number of benzene rings is 4. The van der Waals surface area contributed by atoms with E-state index in [1.807, 2.05) is 0 Å². The van der Waals surface area contributed by atoms with Crippen LogP contribution in [0, 0.1) is 0 Å². The number of hydrogen-bond donors (Lipinski definition) is 0. The van der Waals surface area contributed by atoms with Crippen LogP contribution in [0.5, 0.6) is 0 Å². The second-order valence-electron chi connectivity index (χ2n) is 10.7. The van der Waals surface area contributed by atoms with Crippen molar-refractivity contribution in [3.8, 4) is 0 Å². The van der Waals surface area contributed by atoms with Crippen molar-refractivity contribution < 1.29 is 13.6 Å². The summed E-state index contributed by atoms with van der Waals surface area (Å²) in [4.78, 5) is 0. The topological polar surface area (TPSA) is 0 Å². The Morgan fingerprint density at radius 2 is 0.684 bits per heavy atom. The molecule has 0 saturated heterocycles. The van der Waals surface area contributed by atoms with Gasteiger partial charge in [0.25, 0.3) is 0 Å². The van der Waals surface area contributed by atoms with Crippen molar-refractivity contribution in [2.45, 2.75) is 50.6 Å². The SMILES string of the molecule is CC(P(c1ccccc1)c1ccccc1)[Si](C)(C)[Rh]([Cl])[Si](C)(C)C(C)P(c1ccccc1)c1ccccc1. The summed E-state index contributed by atoms with van der Waals surface area (Å²) in [5.74, 6) is 0. The molecule has 0 aliphatic heterocycles. The van der Waals surface area contributed by atoms with E-state index in [0.29, 0.717) is 10.6 Å². The molecule has 0 spiro atoms. The van der Waals surface area contributed by atoms with E-state index < -0.39 is 42.0 Å². The molecule has 4 aromatic rings. The first-order chi connectivity index (χ1) is 18.2. The van der Waals surface area contributed by atoms with Crippen LogP contribution in [0.4, 0.5) is 0 Å². The standard InChI is InChI=1S/2C16H20PSi.ClH.Rh/c2*1-14(18(2)3)17(15-10-6-4-7-11-15)16-12-8-5-9-13-16;;/h2*4-14H,1-3H3;1H;/q;;;+1/p-1. The molecule has 0 N–H and O–H groups in total. The van der Waals surface area contributed by atoms with Gasteiger partial charge in [-0.2, -0.15) is 0 Å². The first-order valence-corrected chi connectivity index (χ1v) is 28.9. The monoisotopic (exact) mass is 680 g/mol. The molecular formula is C32H40ClP2RhSi2. The molecule has 4 aromatic carbocycles. The van der Waals surface area contributed by atoms with E-state index in [-0.39, 0.29) is 0 Å². The van der Waals surface area contributed by atoms with E-state index in [4.69, 9.17) is 9.69 Å². The molecule has 6 heteroatoms. The summed E-state index contributed by atoms with van der Waals surface area (Å²) in [7, 11) is 7.04. The van der Waals surface area contributed by atoms with Crippen molar-refractivity contribution in [3.05, 3.63) is 121 Å². The molecule has 0 amide bonds. The van der Waals surface area contributed by atoms with Crippen molar-refractivity contribution in [2.75, 3.05) is 0 Å². The van der Waals surface area contributed by atoms with Crippen molar-refractivity contribution >= 4 is 59.4 Å². The van der Waals surface area contributed by atoms with Gasteiger partial charge < -0.3 is 0 Å². The van der Waals surface area contributed by atoms with Crippen LogP contribution in [-0.2, 0) is 13.6 Å². The first kappa shape index (κ1) is 30.1. The first-order valence-electron chi connectivity index (χ1n) is 13.2. The molecule has 0 bridgehead atoms. The molecule has 0 aromatic heterocycles. The second-order valence-corrected chi connectivity index (χ2v) is 48.1. The fraction of sp³-hybridized carbons (Fsp3) is 0.250. The van der Waals surface area contributed by atoms with Crippen LogP contribution in [0.15, 0.2) is 121 Å². The molecule has 2 unspecified atom stereocenters. The average molecular weight is 681 g/mol. The van der Waals surface area contributed by atoms with Crippen LogP contribution in [0.1, 0.15) is 13.8 Å². The molecule has 0 heterocycles. The van der Waals surface area contributed by atoms with Crippen LogP contribution in [0.2, 0.25) is 26.2 Å². The summed E-state index contributed by atoms with van der Waals surface area (Å²) in [6, 6.07) is 45.0. The molecule has 0 saturated carbocycles. The van der Waals surface area contributed by atoms with Crippen LogP contribution in [-0.4, -0.2) is 23.2 Å². The molecule has 0 nitrogen and oxygen atoms in total. The van der Waals surface area contributed by atoms with E-state index in [2.05, 4.69) is 161 Å². The third-order valence-electron chi connectivity index (χ3n) is 7.62. The molecule has 202 valence electrons. The van der Waals surface area contributed by atoms with Gasteiger partial charge in [-0.1, -0.05) is 0 Å². The summed E-state index contributed by atoms with van der Waals surface area (Å²) in [5, 5.41) is 7.18. The fourth-order valence-corrected chi connectivity index (χ4v) is 69.5. The van der Waals surface area contributed by atoms with Crippen LogP contribution < -0.4 is 21.2 Å². The van der Waals surface area contributed by atoms with Gasteiger partial charge in [-0.3, -0.25) is 0 Å². The van der Waals surface area contributed by atoms with Crippen LogP contribution >= 0.6 is 25.5 Å². The van der Waals surface area contributed by atoms with E-state index >= 15 is 0 Å². The molecule has 38 heavy (non-hydrogen) atoms. The Morgan fingerprint density at radius 1 is 0.474 bits per heavy atom. The normalized spacial score (nSPS) is 14.4. The zero-order chi connectivity index (χ0) is 27.3. The number of rotatable bonds is 10. The van der Waals surface area contributed by atoms with E-state index in [9.17, 15) is 0 Å². The Labute approximate surface area is 243 Å². The van der Waals surface area contributed by atoms with E-state index in [0.717, 1.165) is 0 Å². The Hall–Kier alpha value is -0.913. The van der Waals surface area contributed by atoms with Crippen molar-refractivity contribution in [2.24, 2.45) is 0 Å². The third-order valence-corrected chi connectivity index (χ3v) is 67.7. The van der Waals surface area contributed by atoms with E-state index in [1.54, 1.807) is 0 Å². The van der Waals surface area contributed by atoms with Gasteiger partial charge in [0.2, 0.25) is 0 Å². The predicted octanol–water partition coefficient (Wildman–Crippen LogP) is 8.29. The molecule has 0 radical (unpaired) electrons. The van der Waals surface area contributed by atoms with Gasteiger partial charge in [0.1, 0.15) is 0 Å². The van der Waals surface area contributed by atoms with Crippen LogP contribution in [0.25, 0.3) is 0 Å². The van der Waals surface area contributed by atoms with Gasteiger partial charge in [-0.25, -0.2) is 0 Å². The molecule has 4 rings (SSSR count). The molecule has 0 aliphatic carbocycles. The van der Waals surface area contributed by atoms with Crippen molar-refractivity contribution in [1.29, 1.82) is 0 Å². The van der Waals surface area contributed by atoms with Crippen molar-refractivity contribution in [3.63, 3.8) is 0 Å². The summed E-state index contributed by atoms with van der Waals surface area (Å²) in [6.07, 6.45) is -3.58. The zero-order valence-corrected chi connectivity index (χ0v) is 29.5. The summed E-state index contributed by atoms with van der Waals surface area (Å²) < 4.78 is 0. The molecule has 0 aliphatic rings. The third kappa shape index (κ3) is 6.52. The number of hydrogen-bond acceptors (Lipinski definition) is 0. The van der Waals surface area contributed by atoms with Crippen LogP contribution in [0.3, 0.4) is 0 Å². The minimum atomic E-state index is -1.79. The quantitative estimate of drug-likeness (QED) is 0.117. The Balaban J connectivity index is 1.71. The predicted molar refractivity (Wildman–Crippen MR) is 178 cm³/mol.